The van der Waals surface area contributed by atoms with Gasteiger partial charge in [0.15, 0.2) is 5.82 Å². The van der Waals surface area contributed by atoms with E-state index in [1.165, 1.54) is 6.20 Å². The molecule has 5 N–H and O–H groups in total. The number of hydrogen-bond donors (Lipinski definition) is 5. The van der Waals surface area contributed by atoms with E-state index in [9.17, 15) is 15.3 Å². The highest BCUT2D eigenvalue weighted by Gasteiger charge is 2.27. The molecule has 9 heteroatoms. The summed E-state index contributed by atoms with van der Waals surface area (Å²) >= 11 is 0. The smallest absolute Gasteiger partial charge is 0.202 e. The van der Waals surface area contributed by atoms with Gasteiger partial charge in [0.05, 0.1) is 24.2 Å². The molecule has 0 spiro atoms. The SMILES string of the molecule is Cc1cc(-c2ncc([C@@H](O)[C@H](O)[C@H](O)CO)[nH]2)on1.Cl. The van der Waals surface area contributed by atoms with E-state index < -0.39 is 24.9 Å². The van der Waals surface area contributed by atoms with Crippen LogP contribution in [0.4, 0.5) is 0 Å². The predicted octanol–water partition coefficient (Wildman–Crippen LogP) is -0.458. The predicted molar refractivity (Wildman–Crippen MR) is 70.1 cm³/mol. The zero-order valence-corrected chi connectivity index (χ0v) is 11.4. The van der Waals surface area contributed by atoms with Crippen LogP contribution < -0.4 is 0 Å². The van der Waals surface area contributed by atoms with Crippen LogP contribution in [0.1, 0.15) is 17.5 Å². The van der Waals surface area contributed by atoms with E-state index in [2.05, 4.69) is 15.1 Å². The second kappa shape index (κ2) is 6.82. The van der Waals surface area contributed by atoms with Gasteiger partial charge in [0.2, 0.25) is 5.76 Å². The molecule has 2 rings (SSSR count). The third-order valence-corrected chi connectivity index (χ3v) is 2.68. The molecule has 0 aliphatic rings. The maximum absolute atomic E-state index is 9.82. The first-order chi connectivity index (χ1) is 9.02. The van der Waals surface area contributed by atoms with Crippen molar-refractivity contribution < 1.29 is 24.9 Å². The van der Waals surface area contributed by atoms with Crippen LogP contribution in [0.2, 0.25) is 0 Å². The largest absolute Gasteiger partial charge is 0.394 e. The Balaban J connectivity index is 0.00000200. The van der Waals surface area contributed by atoms with Crippen molar-refractivity contribution in [3.05, 3.63) is 23.7 Å². The summed E-state index contributed by atoms with van der Waals surface area (Å²) in [7, 11) is 0. The molecule has 0 unspecified atom stereocenters. The van der Waals surface area contributed by atoms with E-state index in [1.807, 2.05) is 0 Å². The molecule has 8 nitrogen and oxygen atoms in total. The summed E-state index contributed by atoms with van der Waals surface area (Å²) in [5, 5.41) is 41.1. The van der Waals surface area contributed by atoms with Crippen LogP contribution in [0.25, 0.3) is 11.6 Å². The van der Waals surface area contributed by atoms with Crippen molar-refractivity contribution in [1.82, 2.24) is 15.1 Å². The first kappa shape index (κ1) is 16.6. The van der Waals surface area contributed by atoms with Crippen LogP contribution in [-0.2, 0) is 0 Å². The minimum absolute atomic E-state index is 0. The minimum atomic E-state index is -1.52. The fraction of sp³-hybridized carbons (Fsp3) is 0.455. The molecule has 0 saturated carbocycles. The van der Waals surface area contributed by atoms with Gasteiger partial charge in [-0.2, -0.15) is 0 Å². The summed E-state index contributed by atoms with van der Waals surface area (Å²) < 4.78 is 5.00. The van der Waals surface area contributed by atoms with E-state index >= 15 is 0 Å². The van der Waals surface area contributed by atoms with Crippen LogP contribution in [0.3, 0.4) is 0 Å². The monoisotopic (exact) mass is 305 g/mol. The second-order valence-corrected chi connectivity index (χ2v) is 4.21. The van der Waals surface area contributed by atoms with Gasteiger partial charge in [-0.3, -0.25) is 0 Å². The molecule has 0 fully saturated rings. The van der Waals surface area contributed by atoms with Gasteiger partial charge < -0.3 is 29.9 Å². The van der Waals surface area contributed by atoms with Gasteiger partial charge in [-0.05, 0) is 6.92 Å². The Morgan fingerprint density at radius 3 is 2.60 bits per heavy atom. The maximum Gasteiger partial charge on any atom is 0.202 e. The van der Waals surface area contributed by atoms with Gasteiger partial charge in [0.25, 0.3) is 0 Å². The first-order valence-electron chi connectivity index (χ1n) is 5.66. The quantitative estimate of drug-likeness (QED) is 0.504. The average molecular weight is 306 g/mol. The summed E-state index contributed by atoms with van der Waals surface area (Å²) in [6.07, 6.45) is -3.04. The van der Waals surface area contributed by atoms with E-state index in [0.717, 1.165) is 0 Å². The van der Waals surface area contributed by atoms with Gasteiger partial charge in [-0.25, -0.2) is 4.98 Å². The molecule has 0 radical (unpaired) electrons. The minimum Gasteiger partial charge on any atom is -0.394 e. The lowest BCUT2D eigenvalue weighted by Gasteiger charge is -2.20. The van der Waals surface area contributed by atoms with Gasteiger partial charge in [-0.1, -0.05) is 5.16 Å². The standard InChI is InChI=1S/C11H15N3O5.ClH/c1-5-2-8(19-14-5)11-12-3-6(13-11)9(17)10(18)7(16)4-15;/h2-3,7,9-10,15-18H,4H2,1H3,(H,12,13);1H/t7-,9-,10-;/m1./s1. The van der Waals surface area contributed by atoms with Gasteiger partial charge >= 0.3 is 0 Å². The van der Waals surface area contributed by atoms with E-state index in [0.29, 0.717) is 17.3 Å². The fourth-order valence-electron chi connectivity index (χ4n) is 1.59. The molecular weight excluding hydrogens is 290 g/mol. The van der Waals surface area contributed by atoms with Crippen molar-refractivity contribution in [1.29, 1.82) is 0 Å². The topological polar surface area (TPSA) is 136 Å². The Hall–Kier alpha value is -1.45. The summed E-state index contributed by atoms with van der Waals surface area (Å²) in [4.78, 5) is 6.74. The number of H-pyrrole nitrogens is 1. The van der Waals surface area contributed by atoms with Gasteiger partial charge in [0.1, 0.15) is 18.3 Å². The van der Waals surface area contributed by atoms with Crippen LogP contribution in [0, 0.1) is 6.92 Å². The van der Waals surface area contributed by atoms with E-state index in [-0.39, 0.29) is 18.1 Å². The molecule has 0 bridgehead atoms. The number of aliphatic hydroxyl groups excluding tert-OH is 4. The molecule has 0 saturated heterocycles. The van der Waals surface area contributed by atoms with Crippen molar-refractivity contribution in [2.75, 3.05) is 6.61 Å². The first-order valence-corrected chi connectivity index (χ1v) is 5.66. The highest BCUT2D eigenvalue weighted by Crippen LogP contribution is 2.22. The number of nitrogens with zero attached hydrogens (tertiary/aromatic N) is 2. The number of rotatable bonds is 5. The number of nitrogens with one attached hydrogen (secondary N) is 1. The molecule has 2 heterocycles. The van der Waals surface area contributed by atoms with Crippen LogP contribution >= 0.6 is 12.4 Å². The lowest BCUT2D eigenvalue weighted by molar-refractivity contribution is -0.0788. The number of aromatic amines is 1. The third kappa shape index (κ3) is 3.35. The zero-order chi connectivity index (χ0) is 14.0. The van der Waals surface area contributed by atoms with Crippen LogP contribution in [0.15, 0.2) is 16.8 Å². The van der Waals surface area contributed by atoms with Crippen molar-refractivity contribution in [2.24, 2.45) is 0 Å². The summed E-state index contributed by atoms with van der Waals surface area (Å²) in [6.45, 7) is 1.10. The molecule has 20 heavy (non-hydrogen) atoms. The van der Waals surface area contributed by atoms with Crippen LogP contribution in [0.5, 0.6) is 0 Å². The Kier molecular flexibility index (Phi) is 5.66. The Morgan fingerprint density at radius 1 is 1.35 bits per heavy atom. The Labute approximate surface area is 120 Å². The van der Waals surface area contributed by atoms with Crippen LogP contribution in [-0.4, -0.2) is 54.4 Å². The highest BCUT2D eigenvalue weighted by atomic mass is 35.5. The van der Waals surface area contributed by atoms with E-state index in [1.54, 1.807) is 13.0 Å². The normalized spacial score (nSPS) is 15.4. The lowest BCUT2D eigenvalue weighted by atomic mass is 10.1. The van der Waals surface area contributed by atoms with E-state index in [4.69, 9.17) is 9.63 Å². The zero-order valence-electron chi connectivity index (χ0n) is 10.6. The van der Waals surface area contributed by atoms with Gasteiger partial charge in [0, 0.05) is 6.07 Å². The number of imidazole rings is 1. The number of halogens is 1. The lowest BCUT2D eigenvalue weighted by Crippen LogP contribution is -2.34. The summed E-state index contributed by atoms with van der Waals surface area (Å²) in [5.41, 5.74) is 0.883. The molecular formula is C11H16ClN3O5. The summed E-state index contributed by atoms with van der Waals surface area (Å²) in [6, 6.07) is 1.66. The molecule has 0 aliphatic heterocycles. The highest BCUT2D eigenvalue weighted by molar-refractivity contribution is 5.85. The number of aromatic nitrogens is 3. The van der Waals surface area contributed by atoms with Crippen molar-refractivity contribution >= 4 is 12.4 Å². The molecule has 3 atom stereocenters. The fourth-order valence-corrected chi connectivity index (χ4v) is 1.59. The van der Waals surface area contributed by atoms with Crippen molar-refractivity contribution in [2.45, 2.75) is 25.2 Å². The average Bonchev–Trinajstić information content (AvgIpc) is 3.04. The Morgan fingerprint density at radius 2 is 2.05 bits per heavy atom. The second-order valence-electron chi connectivity index (χ2n) is 4.21. The molecule has 2 aromatic heterocycles. The molecule has 0 aliphatic carbocycles. The molecule has 0 amide bonds. The van der Waals surface area contributed by atoms with Gasteiger partial charge in [-0.15, -0.1) is 12.4 Å². The van der Waals surface area contributed by atoms with Crippen molar-refractivity contribution in [3.8, 4) is 11.6 Å². The third-order valence-electron chi connectivity index (χ3n) is 2.68. The number of aryl methyl sites for hydroxylation is 1. The maximum atomic E-state index is 9.82. The summed E-state index contributed by atoms with van der Waals surface area (Å²) in [5.74, 6) is 0.744. The molecule has 2 aromatic rings. The number of aliphatic hydroxyl groups is 4. The Bertz CT molecular complexity index is 544. The number of hydrogen-bond acceptors (Lipinski definition) is 7. The molecule has 112 valence electrons. The molecule has 0 aromatic carbocycles. The van der Waals surface area contributed by atoms with Crippen molar-refractivity contribution in [3.63, 3.8) is 0 Å².